The summed E-state index contributed by atoms with van der Waals surface area (Å²) >= 11 is 0. The third-order valence-corrected chi connectivity index (χ3v) is 2.49. The first kappa shape index (κ1) is 12.6. The van der Waals surface area contributed by atoms with Crippen molar-refractivity contribution in [2.75, 3.05) is 0 Å². The lowest BCUT2D eigenvalue weighted by Gasteiger charge is -2.06. The monoisotopic (exact) mass is 254 g/mol. The lowest BCUT2D eigenvalue weighted by Crippen LogP contribution is -1.97. The highest BCUT2D eigenvalue weighted by Gasteiger charge is 2.06. The lowest BCUT2D eigenvalue weighted by atomic mass is 10.2. The van der Waals surface area contributed by atoms with E-state index in [2.05, 4.69) is 0 Å². The molecule has 0 saturated heterocycles. The summed E-state index contributed by atoms with van der Waals surface area (Å²) in [5, 5.41) is 19.4. The maximum Gasteiger partial charge on any atom is 0.269 e. The van der Waals surface area contributed by atoms with Crippen molar-refractivity contribution in [3.8, 4) is 11.8 Å². The molecule has 0 aliphatic heterocycles. The van der Waals surface area contributed by atoms with Crippen LogP contribution in [-0.2, 0) is 6.61 Å². The van der Waals surface area contributed by atoms with E-state index in [1.54, 1.807) is 36.4 Å². The fourth-order valence-electron chi connectivity index (χ4n) is 1.58. The Kier molecular flexibility index (Phi) is 3.74. The van der Waals surface area contributed by atoms with Gasteiger partial charge in [0, 0.05) is 12.1 Å². The van der Waals surface area contributed by atoms with Gasteiger partial charge >= 0.3 is 0 Å². The quantitative estimate of drug-likeness (QED) is 0.620. The van der Waals surface area contributed by atoms with Crippen LogP contribution in [0.2, 0.25) is 0 Å². The molecule has 0 unspecified atom stereocenters. The zero-order valence-corrected chi connectivity index (χ0v) is 9.95. The second-order valence-corrected chi connectivity index (χ2v) is 3.86. The minimum absolute atomic E-state index is 0.0341. The Morgan fingerprint density at radius 2 is 2.00 bits per heavy atom. The van der Waals surface area contributed by atoms with Gasteiger partial charge in [-0.3, -0.25) is 10.1 Å². The third-order valence-electron chi connectivity index (χ3n) is 2.49. The number of non-ortho nitro benzene ring substituents is 1. The van der Waals surface area contributed by atoms with Gasteiger partial charge in [-0.15, -0.1) is 0 Å². The number of rotatable bonds is 4. The fraction of sp³-hybridized carbons (Fsp3) is 0.0714. The molecule has 19 heavy (non-hydrogen) atoms. The molecule has 0 fully saturated rings. The maximum absolute atomic E-state index is 10.6. The standard InChI is InChI=1S/C14H10N2O3/c15-9-11-3-2-6-14(8-11)19-10-12-4-1-5-13(7-12)16(17)18/h1-8H,10H2. The summed E-state index contributed by atoms with van der Waals surface area (Å²) in [5.41, 5.74) is 1.25. The summed E-state index contributed by atoms with van der Waals surface area (Å²) in [6.07, 6.45) is 0. The minimum atomic E-state index is -0.445. The van der Waals surface area contributed by atoms with Crippen molar-refractivity contribution in [2.45, 2.75) is 6.61 Å². The van der Waals surface area contributed by atoms with E-state index in [-0.39, 0.29) is 12.3 Å². The first-order valence-electron chi connectivity index (χ1n) is 5.55. The Balaban J connectivity index is 2.08. The molecular formula is C14H10N2O3. The SMILES string of the molecule is N#Cc1cccc(OCc2cccc([N+](=O)[O-])c2)c1. The largest absolute Gasteiger partial charge is 0.489 e. The number of hydrogen-bond acceptors (Lipinski definition) is 4. The van der Waals surface area contributed by atoms with Crippen LogP contribution in [0.5, 0.6) is 5.75 Å². The van der Waals surface area contributed by atoms with Crippen molar-refractivity contribution in [1.29, 1.82) is 5.26 Å². The molecule has 0 heterocycles. The molecular weight excluding hydrogens is 244 g/mol. The maximum atomic E-state index is 10.6. The van der Waals surface area contributed by atoms with Crippen LogP contribution in [0.4, 0.5) is 5.69 Å². The molecule has 2 rings (SSSR count). The number of nitriles is 1. The minimum Gasteiger partial charge on any atom is -0.489 e. The van der Waals surface area contributed by atoms with Gasteiger partial charge in [0.25, 0.3) is 5.69 Å². The van der Waals surface area contributed by atoms with Gasteiger partial charge in [-0.25, -0.2) is 0 Å². The molecule has 0 amide bonds. The third kappa shape index (κ3) is 3.30. The lowest BCUT2D eigenvalue weighted by molar-refractivity contribution is -0.384. The average Bonchev–Trinajstić information content (AvgIpc) is 2.45. The van der Waals surface area contributed by atoms with Crippen LogP contribution in [0.15, 0.2) is 48.5 Å². The van der Waals surface area contributed by atoms with Crippen LogP contribution in [0.3, 0.4) is 0 Å². The van der Waals surface area contributed by atoms with Gasteiger partial charge in [0.15, 0.2) is 0 Å². The molecule has 2 aromatic rings. The molecule has 94 valence electrons. The van der Waals surface area contributed by atoms with E-state index in [9.17, 15) is 10.1 Å². The normalized spacial score (nSPS) is 9.63. The number of nitro groups is 1. The zero-order chi connectivity index (χ0) is 13.7. The number of nitro benzene ring substituents is 1. The average molecular weight is 254 g/mol. The Labute approximate surface area is 109 Å². The first-order valence-corrected chi connectivity index (χ1v) is 5.55. The van der Waals surface area contributed by atoms with E-state index < -0.39 is 4.92 Å². The number of nitrogens with zero attached hydrogens (tertiary/aromatic N) is 2. The van der Waals surface area contributed by atoms with Crippen LogP contribution in [-0.4, -0.2) is 4.92 Å². The molecule has 0 saturated carbocycles. The van der Waals surface area contributed by atoms with Crippen molar-refractivity contribution < 1.29 is 9.66 Å². The van der Waals surface area contributed by atoms with Gasteiger partial charge in [0.2, 0.25) is 0 Å². The molecule has 0 aromatic heterocycles. The van der Waals surface area contributed by atoms with E-state index in [0.29, 0.717) is 16.9 Å². The molecule has 0 N–H and O–H groups in total. The second-order valence-electron chi connectivity index (χ2n) is 3.86. The Morgan fingerprint density at radius 3 is 2.74 bits per heavy atom. The number of ether oxygens (including phenoxy) is 1. The predicted molar refractivity (Wildman–Crippen MR) is 68.6 cm³/mol. The number of hydrogen-bond donors (Lipinski definition) is 0. The van der Waals surface area contributed by atoms with Crippen molar-refractivity contribution in [3.63, 3.8) is 0 Å². The molecule has 5 nitrogen and oxygen atoms in total. The van der Waals surface area contributed by atoms with Crippen LogP contribution in [0.1, 0.15) is 11.1 Å². The van der Waals surface area contributed by atoms with Crippen molar-refractivity contribution in [2.24, 2.45) is 0 Å². The summed E-state index contributed by atoms with van der Waals surface area (Å²) in [6, 6.07) is 15.0. The summed E-state index contributed by atoms with van der Waals surface area (Å²) in [5.74, 6) is 0.561. The fourth-order valence-corrected chi connectivity index (χ4v) is 1.58. The summed E-state index contributed by atoms with van der Waals surface area (Å²) in [7, 11) is 0. The highest BCUT2D eigenvalue weighted by molar-refractivity contribution is 5.37. The van der Waals surface area contributed by atoms with Crippen LogP contribution in [0, 0.1) is 21.4 Å². The van der Waals surface area contributed by atoms with Crippen molar-refractivity contribution >= 4 is 5.69 Å². The van der Waals surface area contributed by atoms with E-state index in [1.165, 1.54) is 12.1 Å². The summed E-state index contributed by atoms with van der Waals surface area (Å²) in [6.45, 7) is 0.219. The van der Waals surface area contributed by atoms with Crippen molar-refractivity contribution in [1.82, 2.24) is 0 Å². The van der Waals surface area contributed by atoms with Gasteiger partial charge in [-0.1, -0.05) is 18.2 Å². The summed E-state index contributed by atoms with van der Waals surface area (Å²) < 4.78 is 5.50. The van der Waals surface area contributed by atoms with E-state index in [4.69, 9.17) is 10.00 Å². The molecule has 0 atom stereocenters. The number of benzene rings is 2. The summed E-state index contributed by atoms with van der Waals surface area (Å²) in [4.78, 5) is 10.2. The van der Waals surface area contributed by atoms with Crippen molar-refractivity contribution in [3.05, 3.63) is 69.8 Å². The van der Waals surface area contributed by atoms with E-state index in [0.717, 1.165) is 0 Å². The first-order chi connectivity index (χ1) is 9.19. The van der Waals surface area contributed by atoms with Crippen LogP contribution >= 0.6 is 0 Å². The Morgan fingerprint density at radius 1 is 1.21 bits per heavy atom. The van der Waals surface area contributed by atoms with Crippen LogP contribution < -0.4 is 4.74 Å². The van der Waals surface area contributed by atoms with Gasteiger partial charge < -0.3 is 4.74 Å². The van der Waals surface area contributed by atoms with E-state index in [1.807, 2.05) is 6.07 Å². The van der Waals surface area contributed by atoms with E-state index >= 15 is 0 Å². The molecule has 0 aliphatic rings. The molecule has 0 spiro atoms. The molecule has 0 radical (unpaired) electrons. The molecule has 5 heteroatoms. The smallest absolute Gasteiger partial charge is 0.269 e. The van der Waals surface area contributed by atoms with Gasteiger partial charge in [-0.05, 0) is 23.8 Å². The van der Waals surface area contributed by atoms with Gasteiger partial charge in [0.05, 0.1) is 16.6 Å². The van der Waals surface area contributed by atoms with Gasteiger partial charge in [0.1, 0.15) is 12.4 Å². The predicted octanol–water partition coefficient (Wildman–Crippen LogP) is 3.05. The molecule has 0 aliphatic carbocycles. The van der Waals surface area contributed by atoms with Gasteiger partial charge in [-0.2, -0.15) is 5.26 Å². The second kappa shape index (κ2) is 5.65. The molecule has 2 aromatic carbocycles. The topological polar surface area (TPSA) is 76.2 Å². The Hall–Kier alpha value is -2.87. The van der Waals surface area contributed by atoms with Crippen LogP contribution in [0.25, 0.3) is 0 Å². The molecule has 0 bridgehead atoms. The highest BCUT2D eigenvalue weighted by atomic mass is 16.6. The highest BCUT2D eigenvalue weighted by Crippen LogP contribution is 2.17. The zero-order valence-electron chi connectivity index (χ0n) is 9.95. The Bertz CT molecular complexity index is 647.